The molecular weight excluding hydrogens is 260 g/mol. The molecule has 110 valence electrons. The third-order valence-electron chi connectivity index (χ3n) is 2.71. The van der Waals surface area contributed by atoms with E-state index in [1.807, 2.05) is 31.1 Å². The SMILES string of the molecule is CCOC(=O)C(NC(=O)OC)c1ccc(N(C)C)cc1. The Balaban J connectivity index is 2.96. The van der Waals surface area contributed by atoms with E-state index in [1.54, 1.807) is 19.1 Å². The van der Waals surface area contributed by atoms with E-state index in [9.17, 15) is 9.59 Å². The monoisotopic (exact) mass is 280 g/mol. The van der Waals surface area contributed by atoms with Crippen LogP contribution in [0.25, 0.3) is 0 Å². The number of alkyl carbamates (subject to hydrolysis) is 1. The molecule has 6 nitrogen and oxygen atoms in total. The number of amides is 1. The number of ether oxygens (including phenoxy) is 2. The summed E-state index contributed by atoms with van der Waals surface area (Å²) in [4.78, 5) is 25.2. The normalized spacial score (nSPS) is 11.4. The van der Waals surface area contributed by atoms with Gasteiger partial charge in [0.15, 0.2) is 6.04 Å². The molecule has 0 fully saturated rings. The topological polar surface area (TPSA) is 67.9 Å². The highest BCUT2D eigenvalue weighted by atomic mass is 16.5. The molecule has 0 spiro atoms. The zero-order chi connectivity index (χ0) is 15.1. The summed E-state index contributed by atoms with van der Waals surface area (Å²) in [5.41, 5.74) is 1.63. The number of hydrogen-bond acceptors (Lipinski definition) is 5. The molecule has 1 unspecified atom stereocenters. The van der Waals surface area contributed by atoms with Crippen LogP contribution >= 0.6 is 0 Å². The molecule has 1 aromatic carbocycles. The molecule has 0 saturated carbocycles. The van der Waals surface area contributed by atoms with Crippen LogP contribution in [0.15, 0.2) is 24.3 Å². The fourth-order valence-corrected chi connectivity index (χ4v) is 1.65. The van der Waals surface area contributed by atoms with Gasteiger partial charge in [-0.2, -0.15) is 0 Å². The zero-order valence-electron chi connectivity index (χ0n) is 12.2. The third-order valence-corrected chi connectivity index (χ3v) is 2.71. The van der Waals surface area contributed by atoms with Gasteiger partial charge in [-0.05, 0) is 24.6 Å². The highest BCUT2D eigenvalue weighted by molar-refractivity contribution is 5.82. The number of nitrogens with zero attached hydrogens (tertiary/aromatic N) is 1. The summed E-state index contributed by atoms with van der Waals surface area (Å²) in [6.07, 6.45) is -0.681. The first kappa shape index (κ1) is 15.8. The summed E-state index contributed by atoms with van der Waals surface area (Å²) in [5, 5.41) is 2.47. The first-order chi connectivity index (χ1) is 9.49. The number of methoxy groups -OCH3 is 1. The largest absolute Gasteiger partial charge is 0.464 e. The van der Waals surface area contributed by atoms with E-state index in [0.717, 1.165) is 5.69 Å². The smallest absolute Gasteiger partial charge is 0.407 e. The highest BCUT2D eigenvalue weighted by Gasteiger charge is 2.24. The maximum atomic E-state index is 11.9. The minimum absolute atomic E-state index is 0.244. The average molecular weight is 280 g/mol. The zero-order valence-corrected chi connectivity index (χ0v) is 12.2. The molecule has 20 heavy (non-hydrogen) atoms. The van der Waals surface area contributed by atoms with Crippen LogP contribution in [-0.2, 0) is 14.3 Å². The van der Waals surface area contributed by atoms with Crippen molar-refractivity contribution in [2.75, 3.05) is 32.7 Å². The second-order valence-corrected chi connectivity index (χ2v) is 4.31. The number of rotatable bonds is 5. The Morgan fingerprint density at radius 1 is 1.25 bits per heavy atom. The Labute approximate surface area is 118 Å². The lowest BCUT2D eigenvalue weighted by molar-refractivity contribution is -0.145. The van der Waals surface area contributed by atoms with E-state index in [1.165, 1.54) is 7.11 Å². The van der Waals surface area contributed by atoms with Crippen molar-refractivity contribution in [1.82, 2.24) is 5.32 Å². The average Bonchev–Trinajstić information content (AvgIpc) is 2.44. The molecule has 1 rings (SSSR count). The van der Waals surface area contributed by atoms with E-state index in [0.29, 0.717) is 5.56 Å². The van der Waals surface area contributed by atoms with E-state index in [2.05, 4.69) is 10.1 Å². The van der Waals surface area contributed by atoms with Crippen LogP contribution in [0.3, 0.4) is 0 Å². The molecule has 1 atom stereocenters. The molecule has 0 aliphatic heterocycles. The van der Waals surface area contributed by atoms with Gasteiger partial charge in [-0.15, -0.1) is 0 Å². The van der Waals surface area contributed by atoms with Crippen LogP contribution < -0.4 is 10.2 Å². The second-order valence-electron chi connectivity index (χ2n) is 4.31. The Morgan fingerprint density at radius 3 is 2.30 bits per heavy atom. The summed E-state index contributed by atoms with van der Waals surface area (Å²) in [5.74, 6) is -0.518. The van der Waals surface area contributed by atoms with Crippen LogP contribution in [0.4, 0.5) is 10.5 Å². The Morgan fingerprint density at radius 2 is 1.85 bits per heavy atom. The van der Waals surface area contributed by atoms with Gasteiger partial charge < -0.3 is 19.7 Å². The quantitative estimate of drug-likeness (QED) is 0.832. The molecule has 0 heterocycles. The Kier molecular flexibility index (Phi) is 5.83. The van der Waals surface area contributed by atoms with Crippen molar-refractivity contribution in [2.45, 2.75) is 13.0 Å². The number of hydrogen-bond donors (Lipinski definition) is 1. The molecule has 0 aliphatic rings. The van der Waals surface area contributed by atoms with E-state index in [4.69, 9.17) is 4.74 Å². The fraction of sp³-hybridized carbons (Fsp3) is 0.429. The van der Waals surface area contributed by atoms with Crippen molar-refractivity contribution < 1.29 is 19.1 Å². The lowest BCUT2D eigenvalue weighted by atomic mass is 10.1. The molecule has 6 heteroatoms. The molecule has 1 N–H and O–H groups in total. The lowest BCUT2D eigenvalue weighted by Crippen LogP contribution is -2.34. The van der Waals surface area contributed by atoms with Crippen molar-refractivity contribution in [3.05, 3.63) is 29.8 Å². The van der Waals surface area contributed by atoms with Gasteiger partial charge in [0, 0.05) is 19.8 Å². The standard InChI is InChI=1S/C14H20N2O4/c1-5-20-13(17)12(15-14(18)19-4)10-6-8-11(9-7-10)16(2)3/h6-9,12H,5H2,1-4H3,(H,15,18). The van der Waals surface area contributed by atoms with Crippen molar-refractivity contribution >= 4 is 17.7 Å². The van der Waals surface area contributed by atoms with Gasteiger partial charge in [0.1, 0.15) is 0 Å². The van der Waals surface area contributed by atoms with Gasteiger partial charge in [-0.25, -0.2) is 9.59 Å². The summed E-state index contributed by atoms with van der Waals surface area (Å²) >= 11 is 0. The Bertz CT molecular complexity index is 457. The lowest BCUT2D eigenvalue weighted by Gasteiger charge is -2.18. The summed E-state index contributed by atoms with van der Waals surface area (Å²) in [6, 6.07) is 6.39. The number of nitrogens with one attached hydrogen (secondary N) is 1. The van der Waals surface area contributed by atoms with E-state index >= 15 is 0 Å². The first-order valence-electron chi connectivity index (χ1n) is 6.28. The van der Waals surface area contributed by atoms with Crippen molar-refractivity contribution in [1.29, 1.82) is 0 Å². The van der Waals surface area contributed by atoms with Crippen molar-refractivity contribution in [3.63, 3.8) is 0 Å². The summed E-state index contributed by atoms with van der Waals surface area (Å²) in [6.45, 7) is 1.95. The number of anilines is 1. The Hall–Kier alpha value is -2.24. The molecular formula is C14H20N2O4. The van der Waals surface area contributed by atoms with Gasteiger partial charge in [-0.3, -0.25) is 0 Å². The molecule has 0 aliphatic carbocycles. The molecule has 1 aromatic rings. The number of carbonyl (C=O) groups excluding carboxylic acids is 2. The predicted molar refractivity (Wildman–Crippen MR) is 75.7 cm³/mol. The fourth-order valence-electron chi connectivity index (χ4n) is 1.65. The van der Waals surface area contributed by atoms with E-state index < -0.39 is 18.1 Å². The molecule has 0 radical (unpaired) electrons. The maximum absolute atomic E-state index is 11.9. The third kappa shape index (κ3) is 4.15. The van der Waals surface area contributed by atoms with Crippen molar-refractivity contribution in [2.24, 2.45) is 0 Å². The maximum Gasteiger partial charge on any atom is 0.407 e. The highest BCUT2D eigenvalue weighted by Crippen LogP contribution is 2.19. The first-order valence-corrected chi connectivity index (χ1v) is 6.28. The molecule has 0 aromatic heterocycles. The minimum atomic E-state index is -0.876. The summed E-state index contributed by atoms with van der Waals surface area (Å²) in [7, 11) is 5.09. The van der Waals surface area contributed by atoms with Gasteiger partial charge in [0.2, 0.25) is 0 Å². The number of esters is 1. The number of carbonyl (C=O) groups is 2. The predicted octanol–water partition coefficient (Wildman–Crippen LogP) is 1.71. The van der Waals surface area contributed by atoms with Gasteiger partial charge in [0.05, 0.1) is 13.7 Å². The van der Waals surface area contributed by atoms with Gasteiger partial charge in [0.25, 0.3) is 0 Å². The van der Waals surface area contributed by atoms with Gasteiger partial charge in [-0.1, -0.05) is 12.1 Å². The van der Waals surface area contributed by atoms with Crippen LogP contribution in [0, 0.1) is 0 Å². The van der Waals surface area contributed by atoms with Crippen LogP contribution in [0.1, 0.15) is 18.5 Å². The van der Waals surface area contributed by atoms with E-state index in [-0.39, 0.29) is 6.61 Å². The summed E-state index contributed by atoms with van der Waals surface area (Å²) < 4.78 is 9.49. The van der Waals surface area contributed by atoms with Crippen LogP contribution in [0.2, 0.25) is 0 Å². The van der Waals surface area contributed by atoms with Crippen molar-refractivity contribution in [3.8, 4) is 0 Å². The second kappa shape index (κ2) is 7.37. The van der Waals surface area contributed by atoms with Gasteiger partial charge >= 0.3 is 12.1 Å². The minimum Gasteiger partial charge on any atom is -0.464 e. The van der Waals surface area contributed by atoms with Crippen LogP contribution in [0.5, 0.6) is 0 Å². The number of benzene rings is 1. The van der Waals surface area contributed by atoms with Crippen LogP contribution in [-0.4, -0.2) is 39.9 Å². The molecule has 0 saturated heterocycles. The molecule has 1 amide bonds. The molecule has 0 bridgehead atoms.